The Hall–Kier alpha value is -1.47. The first-order valence-corrected chi connectivity index (χ1v) is 5.96. The molecule has 2 rings (SSSR count). The quantitative estimate of drug-likeness (QED) is 0.340. The minimum Gasteiger partial charge on any atom is -0.324 e. The lowest BCUT2D eigenvalue weighted by molar-refractivity contribution is -0.137. The molecule has 0 amide bonds. The van der Waals surface area contributed by atoms with Gasteiger partial charge in [-0.25, -0.2) is 10.8 Å². The lowest BCUT2D eigenvalue weighted by Gasteiger charge is -2.13. The van der Waals surface area contributed by atoms with Gasteiger partial charge in [-0.3, -0.25) is 5.43 Å². The van der Waals surface area contributed by atoms with Crippen molar-refractivity contribution in [2.45, 2.75) is 25.1 Å². The predicted molar refractivity (Wildman–Crippen MR) is 67.9 cm³/mol. The Morgan fingerprint density at radius 3 is 2.58 bits per heavy atom. The molecule has 0 saturated heterocycles. The summed E-state index contributed by atoms with van der Waals surface area (Å²) in [6, 6.07) is 3.18. The second kappa shape index (κ2) is 5.26. The summed E-state index contributed by atoms with van der Waals surface area (Å²) in [7, 11) is 0. The number of guanidine groups is 1. The van der Waals surface area contributed by atoms with Gasteiger partial charge in [-0.1, -0.05) is 11.6 Å². The number of hydrazine groups is 1. The zero-order valence-corrected chi connectivity index (χ0v) is 10.5. The van der Waals surface area contributed by atoms with E-state index in [4.69, 9.17) is 17.4 Å². The van der Waals surface area contributed by atoms with Gasteiger partial charge in [0.25, 0.3) is 0 Å². The molecule has 104 valence electrons. The molecule has 0 aromatic heterocycles. The number of aliphatic imine (C=N–C) groups is 1. The number of nitrogens with zero attached hydrogens (tertiary/aromatic N) is 1. The first-order chi connectivity index (χ1) is 8.90. The third kappa shape index (κ3) is 3.74. The van der Waals surface area contributed by atoms with Crippen LogP contribution in [0.15, 0.2) is 23.2 Å². The molecule has 1 aliphatic rings. The second-order valence-electron chi connectivity index (χ2n) is 4.17. The Balaban J connectivity index is 2.23. The van der Waals surface area contributed by atoms with Crippen LogP contribution in [-0.2, 0) is 6.18 Å². The van der Waals surface area contributed by atoms with Crippen LogP contribution in [0.5, 0.6) is 0 Å². The van der Waals surface area contributed by atoms with Crippen LogP contribution in [0, 0.1) is 0 Å². The molecule has 4 N–H and O–H groups in total. The van der Waals surface area contributed by atoms with Gasteiger partial charge in [0.2, 0.25) is 5.96 Å². The smallest absolute Gasteiger partial charge is 0.324 e. The van der Waals surface area contributed by atoms with Crippen molar-refractivity contribution in [3.05, 3.63) is 28.8 Å². The molecule has 0 aliphatic heterocycles. The number of alkyl halides is 3. The fraction of sp³-hybridized carbons (Fsp3) is 0.364. The zero-order chi connectivity index (χ0) is 14.0. The maximum Gasteiger partial charge on any atom is 0.416 e. The van der Waals surface area contributed by atoms with Crippen LogP contribution in [0.3, 0.4) is 0 Å². The fourth-order valence-corrected chi connectivity index (χ4v) is 1.58. The molecule has 0 unspecified atom stereocenters. The van der Waals surface area contributed by atoms with Gasteiger partial charge in [0.1, 0.15) is 0 Å². The summed E-state index contributed by atoms with van der Waals surface area (Å²) in [6.45, 7) is 0. The largest absolute Gasteiger partial charge is 0.416 e. The van der Waals surface area contributed by atoms with Gasteiger partial charge in [0.05, 0.1) is 22.3 Å². The van der Waals surface area contributed by atoms with Crippen molar-refractivity contribution >= 4 is 23.2 Å². The third-order valence-corrected chi connectivity index (χ3v) is 2.87. The molecule has 4 nitrogen and oxygen atoms in total. The van der Waals surface area contributed by atoms with Gasteiger partial charge >= 0.3 is 6.18 Å². The molecule has 1 aliphatic carbocycles. The van der Waals surface area contributed by atoms with Crippen molar-refractivity contribution in [1.82, 2.24) is 5.43 Å². The monoisotopic (exact) mass is 292 g/mol. The molecule has 0 heterocycles. The predicted octanol–water partition coefficient (Wildman–Crippen LogP) is 2.75. The van der Waals surface area contributed by atoms with Gasteiger partial charge < -0.3 is 5.32 Å². The zero-order valence-electron chi connectivity index (χ0n) is 9.76. The summed E-state index contributed by atoms with van der Waals surface area (Å²) < 4.78 is 37.8. The summed E-state index contributed by atoms with van der Waals surface area (Å²) >= 11 is 5.85. The van der Waals surface area contributed by atoms with Gasteiger partial charge in [0.15, 0.2) is 0 Å². The van der Waals surface area contributed by atoms with Crippen LogP contribution < -0.4 is 16.6 Å². The maximum absolute atomic E-state index is 12.6. The molecular weight excluding hydrogens is 281 g/mol. The van der Waals surface area contributed by atoms with Crippen molar-refractivity contribution in [3.63, 3.8) is 0 Å². The highest BCUT2D eigenvalue weighted by atomic mass is 35.5. The van der Waals surface area contributed by atoms with Crippen LogP contribution in [0.1, 0.15) is 18.4 Å². The SMILES string of the molecule is NNC(=NC1CC1)Nc1cc(C(F)(F)F)ccc1Cl. The van der Waals surface area contributed by atoms with E-state index in [1.54, 1.807) is 0 Å². The molecule has 8 heteroatoms. The van der Waals surface area contributed by atoms with E-state index >= 15 is 0 Å². The number of rotatable bonds is 2. The highest BCUT2D eigenvalue weighted by Gasteiger charge is 2.31. The average Bonchev–Trinajstić information content (AvgIpc) is 3.13. The van der Waals surface area contributed by atoms with Crippen LogP contribution in [0.25, 0.3) is 0 Å². The van der Waals surface area contributed by atoms with Gasteiger partial charge in [0, 0.05) is 0 Å². The number of benzene rings is 1. The highest BCUT2D eigenvalue weighted by Crippen LogP contribution is 2.33. The Kier molecular flexibility index (Phi) is 3.86. The number of anilines is 1. The van der Waals surface area contributed by atoms with E-state index in [1.807, 2.05) is 0 Å². The maximum atomic E-state index is 12.6. The molecule has 0 bridgehead atoms. The molecule has 0 atom stereocenters. The van der Waals surface area contributed by atoms with E-state index in [9.17, 15) is 13.2 Å². The first kappa shape index (κ1) is 14.0. The minimum atomic E-state index is -4.43. The van der Waals surface area contributed by atoms with Crippen molar-refractivity contribution in [2.75, 3.05) is 5.32 Å². The molecule has 19 heavy (non-hydrogen) atoms. The van der Waals surface area contributed by atoms with E-state index in [0.29, 0.717) is 0 Å². The molecule has 0 spiro atoms. The second-order valence-corrected chi connectivity index (χ2v) is 4.58. The number of nitrogens with two attached hydrogens (primary N) is 1. The Morgan fingerprint density at radius 1 is 1.37 bits per heavy atom. The molecule has 1 fully saturated rings. The molecular formula is C11H12ClF3N4. The van der Waals surface area contributed by atoms with Gasteiger partial charge in [-0.2, -0.15) is 13.2 Å². The summed E-state index contributed by atoms with van der Waals surface area (Å²) in [5.41, 5.74) is 1.62. The third-order valence-electron chi connectivity index (χ3n) is 2.54. The normalized spacial score (nSPS) is 16.4. The van der Waals surface area contributed by atoms with Crippen molar-refractivity contribution < 1.29 is 13.2 Å². The molecule has 0 radical (unpaired) electrons. The van der Waals surface area contributed by atoms with Crippen molar-refractivity contribution in [2.24, 2.45) is 10.8 Å². The van der Waals surface area contributed by atoms with Crippen molar-refractivity contribution in [3.8, 4) is 0 Å². The van der Waals surface area contributed by atoms with Crippen molar-refractivity contribution in [1.29, 1.82) is 0 Å². The van der Waals surface area contributed by atoms with Gasteiger partial charge in [-0.15, -0.1) is 0 Å². The first-order valence-electron chi connectivity index (χ1n) is 5.58. The van der Waals surface area contributed by atoms with Crippen LogP contribution >= 0.6 is 11.6 Å². The van der Waals surface area contributed by atoms with E-state index in [1.165, 1.54) is 6.07 Å². The van der Waals surface area contributed by atoms with Crippen LogP contribution in [0.4, 0.5) is 18.9 Å². The van der Waals surface area contributed by atoms with Crippen LogP contribution in [-0.4, -0.2) is 12.0 Å². The molecule has 1 saturated carbocycles. The lowest BCUT2D eigenvalue weighted by Crippen LogP contribution is -2.36. The van der Waals surface area contributed by atoms with Crippen LogP contribution in [0.2, 0.25) is 5.02 Å². The average molecular weight is 293 g/mol. The Bertz CT molecular complexity index is 497. The number of nitrogens with one attached hydrogen (secondary N) is 2. The number of halogens is 4. The lowest BCUT2D eigenvalue weighted by atomic mass is 10.2. The molecule has 1 aromatic carbocycles. The van der Waals surface area contributed by atoms with Gasteiger partial charge in [-0.05, 0) is 31.0 Å². The Morgan fingerprint density at radius 2 is 2.05 bits per heavy atom. The standard InChI is InChI=1S/C11H12ClF3N4/c12-8-4-1-6(11(13,14)15)5-9(8)18-10(19-16)17-7-2-3-7/h1,4-5,7H,2-3,16H2,(H2,17,18,19). The number of hydrogen-bond donors (Lipinski definition) is 3. The summed E-state index contributed by atoms with van der Waals surface area (Å²) in [5, 5.41) is 2.82. The summed E-state index contributed by atoms with van der Waals surface area (Å²) in [6.07, 6.45) is -2.53. The Labute approximate surface area is 112 Å². The topological polar surface area (TPSA) is 62.4 Å². The van der Waals surface area contributed by atoms with E-state index in [-0.39, 0.29) is 22.7 Å². The number of hydrogen-bond acceptors (Lipinski definition) is 2. The minimum absolute atomic E-state index is 0.105. The highest BCUT2D eigenvalue weighted by molar-refractivity contribution is 6.33. The fourth-order valence-electron chi connectivity index (χ4n) is 1.42. The van der Waals surface area contributed by atoms with E-state index < -0.39 is 11.7 Å². The summed E-state index contributed by atoms with van der Waals surface area (Å²) in [4.78, 5) is 4.16. The summed E-state index contributed by atoms with van der Waals surface area (Å²) in [5.74, 6) is 5.46. The molecule has 1 aromatic rings. The van der Waals surface area contributed by atoms with E-state index in [2.05, 4.69) is 15.7 Å². The van der Waals surface area contributed by atoms with E-state index in [0.717, 1.165) is 25.0 Å².